The second kappa shape index (κ2) is 6.04. The summed E-state index contributed by atoms with van der Waals surface area (Å²) in [4.78, 5) is 2.56. The molecule has 3 saturated heterocycles. The van der Waals surface area contributed by atoms with E-state index in [2.05, 4.69) is 50.8 Å². The standard InChI is InChI=1S/C21H30BNO4/c1-19(2)20(3,4)27-22(26-19)16-6-5-15-12-25-21(18(15)11-16)7-9-23(10-8-21)17-13-24-14-17/h5-6,11,17H,7-10,12-14H2,1-4H3. The van der Waals surface area contributed by atoms with Crippen molar-refractivity contribution in [3.05, 3.63) is 29.3 Å². The molecule has 0 aromatic heterocycles. The first-order valence-electron chi connectivity index (χ1n) is 10.2. The Hall–Kier alpha value is -0.915. The minimum Gasteiger partial charge on any atom is -0.399 e. The van der Waals surface area contributed by atoms with E-state index in [1.54, 1.807) is 0 Å². The monoisotopic (exact) mass is 371 g/mol. The van der Waals surface area contributed by atoms with Gasteiger partial charge in [0, 0.05) is 13.1 Å². The van der Waals surface area contributed by atoms with Crippen LogP contribution in [0.4, 0.5) is 0 Å². The molecule has 5 rings (SSSR count). The summed E-state index contributed by atoms with van der Waals surface area (Å²) in [6.45, 7) is 13.0. The van der Waals surface area contributed by atoms with Gasteiger partial charge in [-0.05, 0) is 57.1 Å². The molecule has 146 valence electrons. The van der Waals surface area contributed by atoms with Gasteiger partial charge in [0.1, 0.15) is 0 Å². The van der Waals surface area contributed by atoms with E-state index in [9.17, 15) is 0 Å². The van der Waals surface area contributed by atoms with Crippen molar-refractivity contribution in [1.29, 1.82) is 0 Å². The number of fused-ring (bicyclic) bond motifs is 2. The molecule has 4 aliphatic rings. The normalized spacial score (nSPS) is 29.1. The van der Waals surface area contributed by atoms with Gasteiger partial charge in [-0.3, -0.25) is 4.90 Å². The number of likely N-dealkylation sites (tertiary alicyclic amines) is 1. The highest BCUT2D eigenvalue weighted by Gasteiger charge is 2.52. The fraction of sp³-hybridized carbons (Fsp3) is 0.714. The molecular weight excluding hydrogens is 341 g/mol. The highest BCUT2D eigenvalue weighted by molar-refractivity contribution is 6.62. The number of hydrogen-bond donors (Lipinski definition) is 0. The Labute approximate surface area is 162 Å². The van der Waals surface area contributed by atoms with Gasteiger partial charge in [-0.25, -0.2) is 0 Å². The Bertz CT molecular complexity index is 722. The molecule has 4 heterocycles. The molecule has 5 nitrogen and oxygen atoms in total. The number of nitrogens with zero attached hydrogens (tertiary/aromatic N) is 1. The summed E-state index contributed by atoms with van der Waals surface area (Å²) in [6.07, 6.45) is 2.09. The summed E-state index contributed by atoms with van der Waals surface area (Å²) < 4.78 is 24.3. The second-order valence-electron chi connectivity index (χ2n) is 9.52. The molecule has 0 bridgehead atoms. The van der Waals surface area contributed by atoms with Crippen LogP contribution in [-0.4, -0.2) is 55.6 Å². The number of ether oxygens (including phenoxy) is 2. The van der Waals surface area contributed by atoms with Crippen LogP contribution in [-0.2, 0) is 31.0 Å². The van der Waals surface area contributed by atoms with Crippen LogP contribution < -0.4 is 5.46 Å². The van der Waals surface area contributed by atoms with E-state index in [1.165, 1.54) is 11.1 Å². The minimum atomic E-state index is -0.318. The van der Waals surface area contributed by atoms with Crippen molar-refractivity contribution in [3.8, 4) is 0 Å². The molecule has 1 spiro atoms. The van der Waals surface area contributed by atoms with E-state index < -0.39 is 0 Å². The Balaban J connectivity index is 1.38. The molecular formula is C21H30BNO4. The molecule has 0 N–H and O–H groups in total. The van der Waals surface area contributed by atoms with Crippen molar-refractivity contribution in [2.75, 3.05) is 26.3 Å². The summed E-state index contributed by atoms with van der Waals surface area (Å²) in [5, 5.41) is 0. The van der Waals surface area contributed by atoms with Crippen LogP contribution in [0.25, 0.3) is 0 Å². The van der Waals surface area contributed by atoms with Crippen LogP contribution in [0.2, 0.25) is 0 Å². The zero-order valence-corrected chi connectivity index (χ0v) is 16.9. The average Bonchev–Trinajstić information content (AvgIpc) is 3.03. The maximum atomic E-state index is 6.39. The predicted molar refractivity (Wildman–Crippen MR) is 104 cm³/mol. The maximum Gasteiger partial charge on any atom is 0.494 e. The van der Waals surface area contributed by atoms with Crippen molar-refractivity contribution < 1.29 is 18.8 Å². The van der Waals surface area contributed by atoms with E-state index in [1.807, 2.05) is 0 Å². The van der Waals surface area contributed by atoms with Crippen molar-refractivity contribution in [1.82, 2.24) is 4.90 Å². The van der Waals surface area contributed by atoms with Gasteiger partial charge in [-0.15, -0.1) is 0 Å². The van der Waals surface area contributed by atoms with Crippen LogP contribution in [0.5, 0.6) is 0 Å². The number of piperidine rings is 1. The molecule has 3 fully saturated rings. The summed E-state index contributed by atoms with van der Waals surface area (Å²) in [6, 6.07) is 7.24. The van der Waals surface area contributed by atoms with Crippen molar-refractivity contribution in [2.45, 2.75) is 70.0 Å². The van der Waals surface area contributed by atoms with E-state index in [4.69, 9.17) is 18.8 Å². The molecule has 0 saturated carbocycles. The van der Waals surface area contributed by atoms with E-state index in [0.717, 1.165) is 44.6 Å². The SMILES string of the molecule is CC1(C)OB(c2ccc3c(c2)C2(CCN(C4COC4)CC2)OC3)OC1(C)C. The zero-order valence-electron chi connectivity index (χ0n) is 16.9. The Morgan fingerprint density at radius 3 is 2.26 bits per heavy atom. The lowest BCUT2D eigenvalue weighted by Gasteiger charge is -2.45. The summed E-state index contributed by atoms with van der Waals surface area (Å²) in [7, 11) is -0.315. The molecule has 1 aromatic rings. The van der Waals surface area contributed by atoms with Crippen molar-refractivity contribution >= 4 is 12.6 Å². The lowest BCUT2D eigenvalue weighted by molar-refractivity contribution is -0.119. The highest BCUT2D eigenvalue weighted by atomic mass is 16.7. The van der Waals surface area contributed by atoms with E-state index in [-0.39, 0.29) is 23.9 Å². The van der Waals surface area contributed by atoms with Gasteiger partial charge in [-0.1, -0.05) is 18.2 Å². The fourth-order valence-electron chi connectivity index (χ4n) is 4.66. The summed E-state index contributed by atoms with van der Waals surface area (Å²) in [5.41, 5.74) is 2.99. The van der Waals surface area contributed by atoms with E-state index in [0.29, 0.717) is 12.6 Å². The van der Waals surface area contributed by atoms with Crippen LogP contribution in [0, 0.1) is 0 Å². The first kappa shape index (κ1) is 18.1. The molecule has 0 aliphatic carbocycles. The molecule has 6 heteroatoms. The smallest absolute Gasteiger partial charge is 0.399 e. The first-order chi connectivity index (χ1) is 12.8. The quantitative estimate of drug-likeness (QED) is 0.746. The molecule has 1 aromatic carbocycles. The third kappa shape index (κ3) is 2.80. The largest absolute Gasteiger partial charge is 0.494 e. The number of rotatable bonds is 2. The maximum absolute atomic E-state index is 6.39. The van der Waals surface area contributed by atoms with Crippen molar-refractivity contribution in [2.24, 2.45) is 0 Å². The first-order valence-corrected chi connectivity index (χ1v) is 10.2. The van der Waals surface area contributed by atoms with Gasteiger partial charge < -0.3 is 18.8 Å². The number of hydrogen-bond acceptors (Lipinski definition) is 5. The van der Waals surface area contributed by atoms with Crippen LogP contribution in [0.15, 0.2) is 18.2 Å². The zero-order chi connectivity index (χ0) is 18.9. The molecule has 0 amide bonds. The van der Waals surface area contributed by atoms with Gasteiger partial charge in [0.05, 0.1) is 42.7 Å². The number of benzene rings is 1. The molecule has 0 atom stereocenters. The van der Waals surface area contributed by atoms with Crippen LogP contribution in [0.3, 0.4) is 0 Å². The Kier molecular flexibility index (Phi) is 4.06. The van der Waals surface area contributed by atoms with Crippen LogP contribution >= 0.6 is 0 Å². The molecule has 27 heavy (non-hydrogen) atoms. The van der Waals surface area contributed by atoms with Gasteiger partial charge in [-0.2, -0.15) is 0 Å². The molecule has 0 unspecified atom stereocenters. The van der Waals surface area contributed by atoms with E-state index >= 15 is 0 Å². The summed E-state index contributed by atoms with van der Waals surface area (Å²) in [5.74, 6) is 0. The highest BCUT2D eigenvalue weighted by Crippen LogP contribution is 2.45. The average molecular weight is 371 g/mol. The topological polar surface area (TPSA) is 40.2 Å². The minimum absolute atomic E-state index is 0.143. The van der Waals surface area contributed by atoms with Gasteiger partial charge >= 0.3 is 7.12 Å². The molecule has 0 radical (unpaired) electrons. The third-order valence-corrected chi connectivity index (χ3v) is 7.40. The van der Waals surface area contributed by atoms with Gasteiger partial charge in [0.2, 0.25) is 0 Å². The lowest BCUT2D eigenvalue weighted by atomic mass is 9.74. The second-order valence-corrected chi connectivity index (χ2v) is 9.52. The predicted octanol–water partition coefficient (Wildman–Crippen LogP) is 2.21. The van der Waals surface area contributed by atoms with Crippen molar-refractivity contribution in [3.63, 3.8) is 0 Å². The van der Waals surface area contributed by atoms with Crippen LogP contribution in [0.1, 0.15) is 51.7 Å². The van der Waals surface area contributed by atoms with Gasteiger partial charge in [0.15, 0.2) is 0 Å². The molecule has 4 aliphatic heterocycles. The van der Waals surface area contributed by atoms with Gasteiger partial charge in [0.25, 0.3) is 0 Å². The Morgan fingerprint density at radius 2 is 1.67 bits per heavy atom. The fourth-order valence-corrected chi connectivity index (χ4v) is 4.66. The summed E-state index contributed by atoms with van der Waals surface area (Å²) >= 11 is 0. The third-order valence-electron chi connectivity index (χ3n) is 7.40. The Morgan fingerprint density at radius 1 is 1.00 bits per heavy atom. The lowest BCUT2D eigenvalue weighted by Crippen LogP contribution is -2.54.